The third-order valence-corrected chi connectivity index (χ3v) is 4.49. The van der Waals surface area contributed by atoms with Crippen LogP contribution in [-0.2, 0) is 11.2 Å². The number of aliphatic hydroxyl groups excluding tert-OH is 1. The second kappa shape index (κ2) is 4.43. The number of nitrogens with zero attached hydrogens (tertiary/aromatic N) is 1. The van der Waals surface area contributed by atoms with Gasteiger partial charge in [-0.1, -0.05) is 0 Å². The molecule has 2 heterocycles. The lowest BCUT2D eigenvalue weighted by molar-refractivity contribution is -0.0768. The molecule has 0 aliphatic carbocycles. The van der Waals surface area contributed by atoms with E-state index in [4.69, 9.17) is 4.74 Å². The average molecular weight is 241 g/mol. The number of aromatic nitrogens is 1. The molecule has 2 rings (SSSR count). The number of ether oxygens (including phenoxy) is 1. The van der Waals surface area contributed by atoms with Gasteiger partial charge in [-0.2, -0.15) is 0 Å². The quantitative estimate of drug-likeness (QED) is 0.882. The standard InChI is InChI=1S/C12H19NO2S/c1-8-9(2)16-11(13-8)7-10(14)12(3)5-4-6-15-12/h10,14H,4-7H2,1-3H3. The lowest BCUT2D eigenvalue weighted by atomic mass is 9.93. The highest BCUT2D eigenvalue weighted by Gasteiger charge is 2.37. The zero-order valence-corrected chi connectivity index (χ0v) is 10.9. The van der Waals surface area contributed by atoms with E-state index in [1.165, 1.54) is 4.88 Å². The fourth-order valence-corrected chi connectivity index (χ4v) is 3.04. The second-order valence-corrected chi connectivity index (χ2v) is 6.02. The van der Waals surface area contributed by atoms with Crippen molar-refractivity contribution < 1.29 is 9.84 Å². The summed E-state index contributed by atoms with van der Waals surface area (Å²) in [6.45, 7) is 6.84. The van der Waals surface area contributed by atoms with Gasteiger partial charge in [0.2, 0.25) is 0 Å². The first-order valence-electron chi connectivity index (χ1n) is 5.76. The van der Waals surface area contributed by atoms with E-state index in [-0.39, 0.29) is 5.60 Å². The lowest BCUT2D eigenvalue weighted by Gasteiger charge is -2.28. The van der Waals surface area contributed by atoms with Crippen molar-refractivity contribution in [3.05, 3.63) is 15.6 Å². The van der Waals surface area contributed by atoms with Crippen molar-refractivity contribution in [3.8, 4) is 0 Å². The van der Waals surface area contributed by atoms with Crippen LogP contribution in [0.25, 0.3) is 0 Å². The molecule has 1 aromatic rings. The van der Waals surface area contributed by atoms with E-state index in [0.717, 1.165) is 30.2 Å². The summed E-state index contributed by atoms with van der Waals surface area (Å²) in [7, 11) is 0. The molecule has 2 atom stereocenters. The van der Waals surface area contributed by atoms with Gasteiger partial charge in [-0.15, -0.1) is 11.3 Å². The molecule has 16 heavy (non-hydrogen) atoms. The van der Waals surface area contributed by atoms with Crippen LogP contribution in [0.1, 0.15) is 35.3 Å². The van der Waals surface area contributed by atoms with Crippen molar-refractivity contribution in [2.75, 3.05) is 6.61 Å². The van der Waals surface area contributed by atoms with E-state index >= 15 is 0 Å². The van der Waals surface area contributed by atoms with Crippen molar-refractivity contribution in [1.82, 2.24) is 4.98 Å². The van der Waals surface area contributed by atoms with Crippen molar-refractivity contribution >= 4 is 11.3 Å². The normalized spacial score (nSPS) is 27.2. The molecule has 2 unspecified atom stereocenters. The lowest BCUT2D eigenvalue weighted by Crippen LogP contribution is -2.40. The van der Waals surface area contributed by atoms with Gasteiger partial charge in [-0.25, -0.2) is 4.98 Å². The molecule has 0 radical (unpaired) electrons. The van der Waals surface area contributed by atoms with E-state index in [0.29, 0.717) is 6.42 Å². The summed E-state index contributed by atoms with van der Waals surface area (Å²) in [6.07, 6.45) is 2.15. The molecular formula is C12H19NO2S. The maximum absolute atomic E-state index is 10.2. The van der Waals surface area contributed by atoms with Crippen LogP contribution in [0.15, 0.2) is 0 Å². The Morgan fingerprint density at radius 2 is 2.31 bits per heavy atom. The van der Waals surface area contributed by atoms with Gasteiger partial charge in [0.05, 0.1) is 22.4 Å². The molecule has 0 aromatic carbocycles. The van der Waals surface area contributed by atoms with Crippen LogP contribution in [0.3, 0.4) is 0 Å². The van der Waals surface area contributed by atoms with Crippen LogP contribution in [0.2, 0.25) is 0 Å². The van der Waals surface area contributed by atoms with E-state index < -0.39 is 6.10 Å². The minimum atomic E-state index is -0.444. The summed E-state index contributed by atoms with van der Waals surface area (Å²) in [6, 6.07) is 0. The topological polar surface area (TPSA) is 42.4 Å². The molecule has 4 heteroatoms. The van der Waals surface area contributed by atoms with Crippen LogP contribution < -0.4 is 0 Å². The van der Waals surface area contributed by atoms with Gasteiger partial charge in [-0.3, -0.25) is 0 Å². The Bertz CT molecular complexity index is 350. The molecule has 3 nitrogen and oxygen atoms in total. The Labute approximate surface area is 100 Å². The molecule has 1 aliphatic heterocycles. The first-order chi connectivity index (χ1) is 7.51. The first-order valence-corrected chi connectivity index (χ1v) is 6.58. The Balaban J connectivity index is 2.04. The smallest absolute Gasteiger partial charge is 0.0957 e. The van der Waals surface area contributed by atoms with Crippen LogP contribution in [0, 0.1) is 13.8 Å². The van der Waals surface area contributed by atoms with Crippen LogP contribution in [0.5, 0.6) is 0 Å². The second-order valence-electron chi connectivity index (χ2n) is 4.73. The van der Waals surface area contributed by atoms with Crippen molar-refractivity contribution in [1.29, 1.82) is 0 Å². The summed E-state index contributed by atoms with van der Waals surface area (Å²) in [5.74, 6) is 0. The number of hydrogen-bond acceptors (Lipinski definition) is 4. The number of aryl methyl sites for hydroxylation is 2. The number of aliphatic hydroxyl groups is 1. The van der Waals surface area contributed by atoms with Gasteiger partial charge >= 0.3 is 0 Å². The van der Waals surface area contributed by atoms with Gasteiger partial charge in [-0.05, 0) is 33.6 Å². The molecule has 1 saturated heterocycles. The predicted octanol–water partition coefficient (Wildman–Crippen LogP) is 2.23. The van der Waals surface area contributed by atoms with Gasteiger partial charge in [0, 0.05) is 17.9 Å². The average Bonchev–Trinajstić information content (AvgIpc) is 2.76. The van der Waals surface area contributed by atoms with E-state index in [2.05, 4.69) is 11.9 Å². The van der Waals surface area contributed by atoms with Gasteiger partial charge in [0.15, 0.2) is 0 Å². The zero-order valence-electron chi connectivity index (χ0n) is 10.1. The Kier molecular flexibility index (Phi) is 3.33. The zero-order chi connectivity index (χ0) is 11.8. The summed E-state index contributed by atoms with van der Waals surface area (Å²) >= 11 is 1.67. The molecule has 1 N–H and O–H groups in total. The number of rotatable bonds is 3. The monoisotopic (exact) mass is 241 g/mol. The Morgan fingerprint density at radius 1 is 1.56 bits per heavy atom. The fourth-order valence-electron chi connectivity index (χ4n) is 2.07. The molecule has 0 amide bonds. The highest BCUT2D eigenvalue weighted by molar-refractivity contribution is 7.11. The van der Waals surface area contributed by atoms with E-state index in [1.54, 1.807) is 11.3 Å². The first kappa shape index (κ1) is 12.0. The van der Waals surface area contributed by atoms with Crippen LogP contribution >= 0.6 is 11.3 Å². The number of hydrogen-bond donors (Lipinski definition) is 1. The van der Waals surface area contributed by atoms with Gasteiger partial charge < -0.3 is 9.84 Å². The summed E-state index contributed by atoms with van der Waals surface area (Å²) < 4.78 is 5.64. The maximum Gasteiger partial charge on any atom is 0.0957 e. The predicted molar refractivity (Wildman–Crippen MR) is 64.9 cm³/mol. The minimum absolute atomic E-state index is 0.368. The van der Waals surface area contributed by atoms with E-state index in [9.17, 15) is 5.11 Å². The molecular weight excluding hydrogens is 222 g/mol. The van der Waals surface area contributed by atoms with E-state index in [1.807, 2.05) is 13.8 Å². The van der Waals surface area contributed by atoms with Crippen molar-refractivity contribution in [2.24, 2.45) is 0 Å². The van der Waals surface area contributed by atoms with Gasteiger partial charge in [0.25, 0.3) is 0 Å². The highest BCUT2D eigenvalue weighted by Crippen LogP contribution is 2.31. The fraction of sp³-hybridized carbons (Fsp3) is 0.750. The molecule has 1 fully saturated rings. The van der Waals surface area contributed by atoms with Crippen molar-refractivity contribution in [2.45, 2.75) is 51.7 Å². The molecule has 0 saturated carbocycles. The van der Waals surface area contributed by atoms with Gasteiger partial charge in [0.1, 0.15) is 0 Å². The third-order valence-electron chi connectivity index (χ3n) is 3.39. The number of thiazole rings is 1. The Hall–Kier alpha value is -0.450. The minimum Gasteiger partial charge on any atom is -0.390 e. The molecule has 0 bridgehead atoms. The van der Waals surface area contributed by atoms with Crippen molar-refractivity contribution in [3.63, 3.8) is 0 Å². The molecule has 0 spiro atoms. The summed E-state index contributed by atoms with van der Waals surface area (Å²) in [5, 5.41) is 11.2. The maximum atomic E-state index is 10.2. The van der Waals surface area contributed by atoms with Crippen LogP contribution in [0.4, 0.5) is 0 Å². The molecule has 1 aliphatic rings. The molecule has 1 aromatic heterocycles. The third kappa shape index (κ3) is 2.29. The molecule has 90 valence electrons. The largest absolute Gasteiger partial charge is 0.390 e. The summed E-state index contributed by atoms with van der Waals surface area (Å²) in [5.41, 5.74) is 0.706. The highest BCUT2D eigenvalue weighted by atomic mass is 32.1. The summed E-state index contributed by atoms with van der Waals surface area (Å²) in [4.78, 5) is 5.69. The SMILES string of the molecule is Cc1nc(CC(O)C2(C)CCCO2)sc1C. The van der Waals surface area contributed by atoms with Crippen LogP contribution in [-0.4, -0.2) is 28.4 Å². The Morgan fingerprint density at radius 3 is 2.81 bits per heavy atom.